The Bertz CT molecular complexity index is 391. The molecule has 4 heteroatoms. The number of rotatable bonds is 7. The van der Waals surface area contributed by atoms with Crippen molar-refractivity contribution in [3.63, 3.8) is 0 Å². The lowest BCUT2D eigenvalue weighted by Gasteiger charge is -2.11. The molecular weight excluding hydrogens is 228 g/mol. The maximum atomic E-state index is 11.6. The standard InChI is InChI=1S/C14H22N2O2/c1-3-4-5-6-9-16-13-8-7-11(15)10-12(13)14(17)18-2/h7-8,10,16H,3-6,9,15H2,1-2H3. The van der Waals surface area contributed by atoms with E-state index < -0.39 is 0 Å². The zero-order valence-corrected chi connectivity index (χ0v) is 11.2. The van der Waals surface area contributed by atoms with Crippen LogP contribution in [0.1, 0.15) is 43.0 Å². The number of nitrogens with two attached hydrogens (primary N) is 1. The van der Waals surface area contributed by atoms with Crippen molar-refractivity contribution in [3.8, 4) is 0 Å². The molecule has 0 aliphatic heterocycles. The second kappa shape index (κ2) is 7.58. The molecule has 100 valence electrons. The normalized spacial score (nSPS) is 10.1. The summed E-state index contributed by atoms with van der Waals surface area (Å²) in [5, 5.41) is 3.26. The first-order chi connectivity index (χ1) is 8.69. The molecule has 18 heavy (non-hydrogen) atoms. The topological polar surface area (TPSA) is 64.3 Å². The molecule has 3 N–H and O–H groups in total. The Hall–Kier alpha value is -1.71. The molecule has 0 aliphatic carbocycles. The van der Waals surface area contributed by atoms with Gasteiger partial charge in [-0.1, -0.05) is 26.2 Å². The molecule has 0 saturated heterocycles. The van der Waals surface area contributed by atoms with Gasteiger partial charge in [0, 0.05) is 17.9 Å². The van der Waals surface area contributed by atoms with Crippen LogP contribution in [-0.2, 0) is 4.74 Å². The zero-order chi connectivity index (χ0) is 13.4. The van der Waals surface area contributed by atoms with E-state index in [2.05, 4.69) is 12.2 Å². The zero-order valence-electron chi connectivity index (χ0n) is 11.2. The first-order valence-electron chi connectivity index (χ1n) is 6.40. The summed E-state index contributed by atoms with van der Waals surface area (Å²) in [6.07, 6.45) is 4.76. The van der Waals surface area contributed by atoms with Gasteiger partial charge < -0.3 is 15.8 Å². The third-order valence-electron chi connectivity index (χ3n) is 2.79. The van der Waals surface area contributed by atoms with Crippen LogP contribution in [0.4, 0.5) is 11.4 Å². The number of nitrogens with one attached hydrogen (secondary N) is 1. The number of carbonyl (C=O) groups is 1. The van der Waals surface area contributed by atoms with Crippen molar-refractivity contribution in [2.24, 2.45) is 0 Å². The highest BCUT2D eigenvalue weighted by atomic mass is 16.5. The van der Waals surface area contributed by atoms with Crippen molar-refractivity contribution in [2.45, 2.75) is 32.6 Å². The average molecular weight is 250 g/mol. The number of benzene rings is 1. The monoisotopic (exact) mass is 250 g/mol. The van der Waals surface area contributed by atoms with Gasteiger partial charge >= 0.3 is 5.97 Å². The molecule has 0 saturated carbocycles. The Balaban J connectivity index is 2.61. The van der Waals surface area contributed by atoms with Crippen LogP contribution >= 0.6 is 0 Å². The summed E-state index contributed by atoms with van der Waals surface area (Å²) in [6.45, 7) is 3.04. The van der Waals surface area contributed by atoms with E-state index in [0.717, 1.165) is 18.7 Å². The number of esters is 1. The van der Waals surface area contributed by atoms with E-state index in [1.54, 1.807) is 12.1 Å². The van der Waals surface area contributed by atoms with Gasteiger partial charge in [-0.15, -0.1) is 0 Å². The molecule has 1 rings (SSSR count). The van der Waals surface area contributed by atoms with Crippen LogP contribution in [0.5, 0.6) is 0 Å². The summed E-state index contributed by atoms with van der Waals surface area (Å²) >= 11 is 0. The lowest BCUT2D eigenvalue weighted by Crippen LogP contribution is -2.10. The van der Waals surface area contributed by atoms with Crippen molar-refractivity contribution < 1.29 is 9.53 Å². The average Bonchev–Trinajstić information content (AvgIpc) is 2.39. The first kappa shape index (κ1) is 14.4. The van der Waals surface area contributed by atoms with Crippen molar-refractivity contribution in [1.29, 1.82) is 0 Å². The maximum Gasteiger partial charge on any atom is 0.340 e. The number of carbonyl (C=O) groups excluding carboxylic acids is 1. The van der Waals surface area contributed by atoms with E-state index in [9.17, 15) is 4.79 Å². The predicted molar refractivity (Wildman–Crippen MR) is 74.8 cm³/mol. The minimum Gasteiger partial charge on any atom is -0.465 e. The summed E-state index contributed by atoms with van der Waals surface area (Å²) in [7, 11) is 1.37. The van der Waals surface area contributed by atoms with Gasteiger partial charge in [-0.25, -0.2) is 4.79 Å². The number of methoxy groups -OCH3 is 1. The van der Waals surface area contributed by atoms with Gasteiger partial charge in [0.25, 0.3) is 0 Å². The third-order valence-corrected chi connectivity index (χ3v) is 2.79. The fraction of sp³-hybridized carbons (Fsp3) is 0.500. The van der Waals surface area contributed by atoms with E-state index in [4.69, 9.17) is 10.5 Å². The number of unbranched alkanes of at least 4 members (excludes halogenated alkanes) is 3. The summed E-state index contributed by atoms with van der Waals surface area (Å²) < 4.78 is 4.74. The molecule has 0 atom stereocenters. The largest absolute Gasteiger partial charge is 0.465 e. The Morgan fingerprint density at radius 1 is 1.33 bits per heavy atom. The van der Waals surface area contributed by atoms with Gasteiger partial charge in [0.15, 0.2) is 0 Å². The Kier molecular flexibility index (Phi) is 6.05. The molecule has 0 aliphatic rings. The Morgan fingerprint density at radius 2 is 2.11 bits per heavy atom. The van der Waals surface area contributed by atoms with Crippen molar-refractivity contribution >= 4 is 17.3 Å². The molecule has 0 heterocycles. The second-order valence-corrected chi connectivity index (χ2v) is 4.28. The predicted octanol–water partition coefficient (Wildman–Crippen LogP) is 3.05. The number of hydrogen-bond acceptors (Lipinski definition) is 4. The molecule has 0 bridgehead atoms. The highest BCUT2D eigenvalue weighted by Crippen LogP contribution is 2.20. The first-order valence-corrected chi connectivity index (χ1v) is 6.40. The van der Waals surface area contributed by atoms with E-state index in [1.165, 1.54) is 26.4 Å². The van der Waals surface area contributed by atoms with Gasteiger partial charge in [0.05, 0.1) is 12.7 Å². The number of anilines is 2. The van der Waals surface area contributed by atoms with Crippen LogP contribution in [0.25, 0.3) is 0 Å². The summed E-state index contributed by atoms with van der Waals surface area (Å²) in [5.74, 6) is -0.363. The molecule has 1 aromatic rings. The number of ether oxygens (including phenoxy) is 1. The Morgan fingerprint density at radius 3 is 2.78 bits per heavy atom. The van der Waals surface area contributed by atoms with Crippen LogP contribution in [0.15, 0.2) is 18.2 Å². The minimum atomic E-state index is -0.363. The van der Waals surface area contributed by atoms with Gasteiger partial charge in [-0.2, -0.15) is 0 Å². The number of hydrogen-bond donors (Lipinski definition) is 2. The van der Waals surface area contributed by atoms with Crippen LogP contribution in [0, 0.1) is 0 Å². The Labute approximate surface area is 109 Å². The highest BCUT2D eigenvalue weighted by molar-refractivity contribution is 5.96. The highest BCUT2D eigenvalue weighted by Gasteiger charge is 2.11. The van der Waals surface area contributed by atoms with Gasteiger partial charge in [0.2, 0.25) is 0 Å². The van der Waals surface area contributed by atoms with E-state index in [-0.39, 0.29) is 5.97 Å². The fourth-order valence-electron chi connectivity index (χ4n) is 1.77. The van der Waals surface area contributed by atoms with Crippen LogP contribution in [-0.4, -0.2) is 19.6 Å². The molecule has 0 unspecified atom stereocenters. The fourth-order valence-corrected chi connectivity index (χ4v) is 1.77. The molecular formula is C14H22N2O2. The molecule has 0 radical (unpaired) electrons. The van der Waals surface area contributed by atoms with E-state index >= 15 is 0 Å². The van der Waals surface area contributed by atoms with Crippen LogP contribution in [0.2, 0.25) is 0 Å². The van der Waals surface area contributed by atoms with Gasteiger partial charge in [0.1, 0.15) is 0 Å². The van der Waals surface area contributed by atoms with Crippen LogP contribution < -0.4 is 11.1 Å². The summed E-state index contributed by atoms with van der Waals surface area (Å²) in [4.78, 5) is 11.6. The second-order valence-electron chi connectivity index (χ2n) is 4.28. The summed E-state index contributed by atoms with van der Waals surface area (Å²) in [5.41, 5.74) is 7.52. The van der Waals surface area contributed by atoms with Crippen molar-refractivity contribution in [1.82, 2.24) is 0 Å². The minimum absolute atomic E-state index is 0.363. The third kappa shape index (κ3) is 4.28. The molecule has 0 amide bonds. The molecule has 0 aromatic heterocycles. The quantitative estimate of drug-likeness (QED) is 0.443. The maximum absolute atomic E-state index is 11.6. The molecule has 0 fully saturated rings. The summed E-state index contributed by atoms with van der Waals surface area (Å²) in [6, 6.07) is 5.24. The smallest absolute Gasteiger partial charge is 0.340 e. The van der Waals surface area contributed by atoms with Gasteiger partial charge in [-0.05, 0) is 24.6 Å². The van der Waals surface area contributed by atoms with Crippen molar-refractivity contribution in [3.05, 3.63) is 23.8 Å². The molecule has 4 nitrogen and oxygen atoms in total. The lowest BCUT2D eigenvalue weighted by atomic mass is 10.1. The van der Waals surface area contributed by atoms with Crippen molar-refractivity contribution in [2.75, 3.05) is 24.7 Å². The lowest BCUT2D eigenvalue weighted by molar-refractivity contribution is 0.0602. The van der Waals surface area contributed by atoms with Gasteiger partial charge in [-0.3, -0.25) is 0 Å². The van der Waals surface area contributed by atoms with E-state index in [1.807, 2.05) is 6.07 Å². The number of nitrogen functional groups attached to an aromatic ring is 1. The molecule has 0 spiro atoms. The molecule has 1 aromatic carbocycles. The SMILES string of the molecule is CCCCCCNc1ccc(N)cc1C(=O)OC. The van der Waals surface area contributed by atoms with Crippen LogP contribution in [0.3, 0.4) is 0 Å². The van der Waals surface area contributed by atoms with E-state index in [0.29, 0.717) is 11.3 Å².